The van der Waals surface area contributed by atoms with Gasteiger partial charge < -0.3 is 5.32 Å². The Labute approximate surface area is 85.5 Å². The van der Waals surface area contributed by atoms with Gasteiger partial charge in [-0.3, -0.25) is 4.79 Å². The van der Waals surface area contributed by atoms with Gasteiger partial charge in [0.05, 0.1) is 6.07 Å². The van der Waals surface area contributed by atoms with Gasteiger partial charge in [-0.05, 0) is 25.7 Å². The average Bonchev–Trinajstić information content (AvgIpc) is 2.63. The molecule has 0 aliphatic heterocycles. The van der Waals surface area contributed by atoms with Crippen LogP contribution in [0.4, 0.5) is 0 Å². The van der Waals surface area contributed by atoms with Crippen LogP contribution in [-0.2, 0) is 4.79 Å². The van der Waals surface area contributed by atoms with E-state index in [-0.39, 0.29) is 5.91 Å². The Morgan fingerprint density at radius 1 is 1.64 bits per heavy atom. The smallest absolute Gasteiger partial charge is 0.237 e. The molecule has 1 fully saturated rings. The second-order valence-electron chi connectivity index (χ2n) is 4.07. The number of hydrogen-bond donors (Lipinski definition) is 1. The van der Waals surface area contributed by atoms with Crippen molar-refractivity contribution in [1.29, 1.82) is 5.26 Å². The molecule has 0 radical (unpaired) electrons. The van der Waals surface area contributed by atoms with Crippen molar-refractivity contribution in [3.8, 4) is 6.07 Å². The molecule has 3 nitrogen and oxygen atoms in total. The maximum Gasteiger partial charge on any atom is 0.237 e. The minimum Gasteiger partial charge on any atom is -0.352 e. The molecule has 14 heavy (non-hydrogen) atoms. The van der Waals surface area contributed by atoms with Gasteiger partial charge in [0, 0.05) is 6.04 Å². The molecule has 78 valence electrons. The number of nitrogens with zero attached hydrogens (tertiary/aromatic N) is 1. The standard InChI is InChI=1S/C11H18N2O/c1-3-9-5-4-6-10(9)13-11(14)8(2)7-12/h8-10H,3-6H2,1-2H3,(H,13,14). The molecule has 0 aromatic heterocycles. The summed E-state index contributed by atoms with van der Waals surface area (Å²) in [5.41, 5.74) is 0. The Balaban J connectivity index is 2.44. The molecule has 0 bridgehead atoms. The van der Waals surface area contributed by atoms with E-state index in [9.17, 15) is 4.79 Å². The van der Waals surface area contributed by atoms with E-state index in [0.717, 1.165) is 12.8 Å². The zero-order chi connectivity index (χ0) is 10.6. The first-order chi connectivity index (χ1) is 6.69. The first-order valence-corrected chi connectivity index (χ1v) is 5.39. The maximum absolute atomic E-state index is 11.5. The molecule has 1 saturated carbocycles. The van der Waals surface area contributed by atoms with Gasteiger partial charge in [0.25, 0.3) is 0 Å². The molecule has 1 N–H and O–H groups in total. The third-order valence-electron chi connectivity index (χ3n) is 3.10. The molecule has 0 aromatic rings. The van der Waals surface area contributed by atoms with Crippen molar-refractivity contribution in [1.82, 2.24) is 5.32 Å². The van der Waals surface area contributed by atoms with Crippen LogP contribution in [0.15, 0.2) is 0 Å². The lowest BCUT2D eigenvalue weighted by atomic mass is 10.00. The highest BCUT2D eigenvalue weighted by atomic mass is 16.1. The number of nitriles is 1. The molecule has 0 spiro atoms. The van der Waals surface area contributed by atoms with Gasteiger partial charge in [-0.2, -0.15) is 5.26 Å². The second-order valence-corrected chi connectivity index (χ2v) is 4.07. The van der Waals surface area contributed by atoms with Crippen molar-refractivity contribution < 1.29 is 4.79 Å². The van der Waals surface area contributed by atoms with Crippen LogP contribution in [0.2, 0.25) is 0 Å². The SMILES string of the molecule is CCC1CCCC1NC(=O)C(C)C#N. The molecule has 3 unspecified atom stereocenters. The van der Waals surface area contributed by atoms with E-state index < -0.39 is 5.92 Å². The van der Waals surface area contributed by atoms with E-state index in [0.29, 0.717) is 12.0 Å². The van der Waals surface area contributed by atoms with Gasteiger partial charge in [-0.15, -0.1) is 0 Å². The van der Waals surface area contributed by atoms with Crippen LogP contribution in [0.5, 0.6) is 0 Å². The van der Waals surface area contributed by atoms with Crippen molar-refractivity contribution in [3.05, 3.63) is 0 Å². The predicted octanol–water partition coefficient (Wildman–Crippen LogP) is 1.84. The van der Waals surface area contributed by atoms with E-state index >= 15 is 0 Å². The molecule has 0 heterocycles. The fraction of sp³-hybridized carbons (Fsp3) is 0.818. The quantitative estimate of drug-likeness (QED) is 0.745. The normalized spacial score (nSPS) is 28.1. The molecule has 1 aliphatic carbocycles. The first-order valence-electron chi connectivity index (χ1n) is 5.39. The first kappa shape index (κ1) is 11.0. The van der Waals surface area contributed by atoms with Crippen molar-refractivity contribution in [2.45, 2.75) is 45.6 Å². The molecule has 1 amide bonds. The van der Waals surface area contributed by atoms with Crippen LogP contribution in [-0.4, -0.2) is 11.9 Å². The van der Waals surface area contributed by atoms with Crippen LogP contribution < -0.4 is 5.32 Å². The lowest BCUT2D eigenvalue weighted by Gasteiger charge is -2.20. The molecular formula is C11H18N2O. The number of rotatable bonds is 3. The summed E-state index contributed by atoms with van der Waals surface area (Å²) >= 11 is 0. The van der Waals surface area contributed by atoms with Gasteiger partial charge in [0.2, 0.25) is 5.91 Å². The third-order valence-corrected chi connectivity index (χ3v) is 3.10. The largest absolute Gasteiger partial charge is 0.352 e. The number of hydrogen-bond acceptors (Lipinski definition) is 2. The van der Waals surface area contributed by atoms with E-state index in [1.807, 2.05) is 6.07 Å². The van der Waals surface area contributed by atoms with Gasteiger partial charge in [-0.1, -0.05) is 19.8 Å². The Morgan fingerprint density at radius 2 is 2.36 bits per heavy atom. The number of amides is 1. The number of carbonyl (C=O) groups is 1. The Bertz CT molecular complexity index is 244. The van der Waals surface area contributed by atoms with Crippen LogP contribution in [0, 0.1) is 23.2 Å². The molecule has 1 rings (SSSR count). The lowest BCUT2D eigenvalue weighted by molar-refractivity contribution is -0.123. The maximum atomic E-state index is 11.5. The number of carbonyl (C=O) groups excluding carboxylic acids is 1. The van der Waals surface area contributed by atoms with Crippen molar-refractivity contribution in [3.63, 3.8) is 0 Å². The van der Waals surface area contributed by atoms with E-state index in [2.05, 4.69) is 12.2 Å². The zero-order valence-electron chi connectivity index (χ0n) is 8.92. The summed E-state index contributed by atoms with van der Waals surface area (Å²) in [6.45, 7) is 3.80. The average molecular weight is 194 g/mol. The predicted molar refractivity (Wildman–Crippen MR) is 54.3 cm³/mol. The molecule has 0 aromatic carbocycles. The van der Waals surface area contributed by atoms with Gasteiger partial charge in [0.1, 0.15) is 5.92 Å². The highest BCUT2D eigenvalue weighted by Crippen LogP contribution is 2.28. The highest BCUT2D eigenvalue weighted by Gasteiger charge is 2.28. The summed E-state index contributed by atoms with van der Waals surface area (Å²) in [6, 6.07) is 2.27. The Kier molecular flexibility index (Phi) is 3.94. The van der Waals surface area contributed by atoms with Crippen LogP contribution >= 0.6 is 0 Å². The molecule has 0 saturated heterocycles. The van der Waals surface area contributed by atoms with Crippen LogP contribution in [0.25, 0.3) is 0 Å². The summed E-state index contributed by atoms with van der Waals surface area (Å²) in [4.78, 5) is 11.5. The van der Waals surface area contributed by atoms with Crippen molar-refractivity contribution in [2.75, 3.05) is 0 Å². The zero-order valence-corrected chi connectivity index (χ0v) is 8.92. The second kappa shape index (κ2) is 4.99. The lowest BCUT2D eigenvalue weighted by Crippen LogP contribution is -2.39. The minimum absolute atomic E-state index is 0.113. The molecule has 3 atom stereocenters. The summed E-state index contributed by atoms with van der Waals surface area (Å²) in [6.07, 6.45) is 4.60. The third kappa shape index (κ3) is 2.47. The Hall–Kier alpha value is -1.04. The van der Waals surface area contributed by atoms with Gasteiger partial charge in [-0.25, -0.2) is 0 Å². The molecule has 1 aliphatic rings. The summed E-state index contributed by atoms with van der Waals surface area (Å²) in [5.74, 6) is -0.0178. The topological polar surface area (TPSA) is 52.9 Å². The van der Waals surface area contributed by atoms with E-state index in [1.54, 1.807) is 6.92 Å². The molecule has 3 heteroatoms. The fourth-order valence-corrected chi connectivity index (χ4v) is 2.08. The Morgan fingerprint density at radius 3 is 2.93 bits per heavy atom. The van der Waals surface area contributed by atoms with Crippen LogP contribution in [0.3, 0.4) is 0 Å². The van der Waals surface area contributed by atoms with Crippen molar-refractivity contribution in [2.24, 2.45) is 11.8 Å². The fourth-order valence-electron chi connectivity index (χ4n) is 2.08. The van der Waals surface area contributed by atoms with Crippen molar-refractivity contribution >= 4 is 5.91 Å². The van der Waals surface area contributed by atoms with Gasteiger partial charge in [0.15, 0.2) is 0 Å². The van der Waals surface area contributed by atoms with Crippen LogP contribution in [0.1, 0.15) is 39.5 Å². The van der Waals surface area contributed by atoms with E-state index in [1.165, 1.54) is 12.8 Å². The minimum atomic E-state index is -0.520. The van der Waals surface area contributed by atoms with E-state index in [4.69, 9.17) is 5.26 Å². The summed E-state index contributed by atoms with van der Waals surface area (Å²) < 4.78 is 0. The van der Waals surface area contributed by atoms with Gasteiger partial charge >= 0.3 is 0 Å². The summed E-state index contributed by atoms with van der Waals surface area (Å²) in [5, 5.41) is 11.6. The number of nitrogens with one attached hydrogen (secondary N) is 1. The highest BCUT2D eigenvalue weighted by molar-refractivity contribution is 5.80. The summed E-state index contributed by atoms with van der Waals surface area (Å²) in [7, 11) is 0. The molecular weight excluding hydrogens is 176 g/mol. The monoisotopic (exact) mass is 194 g/mol.